The number of halogens is 3. The first-order valence-electron chi connectivity index (χ1n) is 4.81. The van der Waals surface area contributed by atoms with E-state index in [9.17, 15) is 13.2 Å². The lowest BCUT2D eigenvalue weighted by Crippen LogP contribution is -2.13. The average molecular weight is 216 g/mol. The molecule has 1 aromatic carbocycles. The molecule has 0 heterocycles. The summed E-state index contributed by atoms with van der Waals surface area (Å²) in [5.74, 6) is -2.91. The number of aliphatic hydroxyl groups excluding tert-OH is 1. The Morgan fingerprint density at radius 1 is 1.13 bits per heavy atom. The van der Waals surface area contributed by atoms with E-state index < -0.39 is 22.9 Å². The van der Waals surface area contributed by atoms with Crippen LogP contribution in [-0.4, -0.2) is 11.7 Å². The monoisotopic (exact) mass is 216 g/mol. The molecule has 1 fully saturated rings. The lowest BCUT2D eigenvalue weighted by atomic mass is 9.96. The van der Waals surface area contributed by atoms with Crippen molar-refractivity contribution >= 4 is 0 Å². The molecule has 1 aliphatic carbocycles. The molecule has 0 amide bonds. The Balaban J connectivity index is 2.31. The maximum absolute atomic E-state index is 13.3. The van der Waals surface area contributed by atoms with Crippen molar-refractivity contribution in [3.63, 3.8) is 0 Å². The zero-order chi connectivity index (χ0) is 11.1. The van der Waals surface area contributed by atoms with Gasteiger partial charge in [0.15, 0.2) is 11.6 Å². The van der Waals surface area contributed by atoms with Gasteiger partial charge in [0.05, 0.1) is 0 Å². The molecular formula is C11H11F3O. The molecule has 0 bridgehead atoms. The SMILES string of the molecule is OCC1(Cc2c(F)ccc(F)c2F)CC1. The average Bonchev–Trinajstić information content (AvgIpc) is 3.00. The molecule has 1 N–H and O–H groups in total. The molecule has 0 spiro atoms. The summed E-state index contributed by atoms with van der Waals surface area (Å²) < 4.78 is 39.4. The van der Waals surface area contributed by atoms with Crippen molar-refractivity contribution in [3.8, 4) is 0 Å². The highest BCUT2D eigenvalue weighted by Gasteiger charge is 2.43. The van der Waals surface area contributed by atoms with Crippen LogP contribution in [0.2, 0.25) is 0 Å². The number of hydrogen-bond donors (Lipinski definition) is 1. The first-order chi connectivity index (χ1) is 7.08. The fourth-order valence-corrected chi connectivity index (χ4v) is 1.67. The highest BCUT2D eigenvalue weighted by atomic mass is 19.2. The fraction of sp³-hybridized carbons (Fsp3) is 0.455. The summed E-state index contributed by atoms with van der Waals surface area (Å²) in [5.41, 5.74) is -0.670. The Bertz CT molecular complexity index is 386. The predicted molar refractivity (Wildman–Crippen MR) is 48.8 cm³/mol. The second kappa shape index (κ2) is 3.52. The van der Waals surface area contributed by atoms with Crippen LogP contribution in [0.25, 0.3) is 0 Å². The quantitative estimate of drug-likeness (QED) is 0.769. The van der Waals surface area contributed by atoms with E-state index in [1.807, 2.05) is 0 Å². The van der Waals surface area contributed by atoms with E-state index in [-0.39, 0.29) is 18.6 Å². The van der Waals surface area contributed by atoms with Crippen molar-refractivity contribution < 1.29 is 18.3 Å². The van der Waals surface area contributed by atoms with Crippen molar-refractivity contribution in [2.24, 2.45) is 5.41 Å². The standard InChI is InChI=1S/C11H11F3O/c12-8-1-2-9(13)10(14)7(8)5-11(6-15)3-4-11/h1-2,15H,3-6H2. The molecule has 15 heavy (non-hydrogen) atoms. The third-order valence-corrected chi connectivity index (χ3v) is 2.98. The predicted octanol–water partition coefficient (Wildman–Crippen LogP) is 2.42. The molecule has 0 aliphatic heterocycles. The smallest absolute Gasteiger partial charge is 0.164 e. The third-order valence-electron chi connectivity index (χ3n) is 2.98. The van der Waals surface area contributed by atoms with Crippen LogP contribution in [0.4, 0.5) is 13.2 Å². The second-order valence-electron chi connectivity index (χ2n) is 4.16. The van der Waals surface area contributed by atoms with Gasteiger partial charge in [-0.15, -0.1) is 0 Å². The summed E-state index contributed by atoms with van der Waals surface area (Å²) in [6.45, 7) is -0.109. The van der Waals surface area contributed by atoms with E-state index in [0.29, 0.717) is 0 Å². The number of aliphatic hydroxyl groups is 1. The van der Waals surface area contributed by atoms with E-state index in [1.165, 1.54) is 0 Å². The Morgan fingerprint density at radius 2 is 1.73 bits per heavy atom. The van der Waals surface area contributed by atoms with Gasteiger partial charge in [0, 0.05) is 12.2 Å². The van der Waals surface area contributed by atoms with Crippen molar-refractivity contribution in [2.75, 3.05) is 6.61 Å². The molecule has 1 saturated carbocycles. The first-order valence-corrected chi connectivity index (χ1v) is 4.81. The molecule has 82 valence electrons. The third kappa shape index (κ3) is 1.86. The summed E-state index contributed by atoms with van der Waals surface area (Å²) in [5, 5.41) is 9.03. The van der Waals surface area contributed by atoms with Crippen LogP contribution in [0.3, 0.4) is 0 Å². The molecule has 1 nitrogen and oxygen atoms in total. The second-order valence-corrected chi connectivity index (χ2v) is 4.16. The van der Waals surface area contributed by atoms with Gasteiger partial charge in [-0.3, -0.25) is 0 Å². The van der Waals surface area contributed by atoms with Crippen molar-refractivity contribution in [2.45, 2.75) is 19.3 Å². The summed E-state index contributed by atoms with van der Waals surface area (Å²) in [6.07, 6.45) is 1.54. The van der Waals surface area contributed by atoms with Gasteiger partial charge in [0.25, 0.3) is 0 Å². The molecule has 0 radical (unpaired) electrons. The highest BCUT2D eigenvalue weighted by molar-refractivity contribution is 5.24. The maximum Gasteiger partial charge on any atom is 0.164 e. The van der Waals surface area contributed by atoms with Crippen LogP contribution in [0.15, 0.2) is 12.1 Å². The minimum absolute atomic E-state index is 0.0684. The Labute approximate surface area is 85.5 Å². The fourth-order valence-electron chi connectivity index (χ4n) is 1.67. The summed E-state index contributed by atoms with van der Waals surface area (Å²) in [7, 11) is 0. The van der Waals surface area contributed by atoms with E-state index in [2.05, 4.69) is 0 Å². The highest BCUT2D eigenvalue weighted by Crippen LogP contribution is 2.48. The van der Waals surface area contributed by atoms with Gasteiger partial charge in [-0.1, -0.05) is 0 Å². The molecule has 2 rings (SSSR count). The summed E-state index contributed by atoms with van der Waals surface area (Å²) in [6, 6.07) is 1.69. The number of hydrogen-bond acceptors (Lipinski definition) is 1. The zero-order valence-corrected chi connectivity index (χ0v) is 8.06. The Hall–Kier alpha value is -1.03. The van der Waals surface area contributed by atoms with Crippen LogP contribution in [0, 0.1) is 22.9 Å². The van der Waals surface area contributed by atoms with Gasteiger partial charge in [0.1, 0.15) is 5.82 Å². The van der Waals surface area contributed by atoms with Gasteiger partial charge in [-0.25, -0.2) is 13.2 Å². The zero-order valence-electron chi connectivity index (χ0n) is 8.06. The molecular weight excluding hydrogens is 205 g/mol. The van der Waals surface area contributed by atoms with Crippen molar-refractivity contribution in [3.05, 3.63) is 35.1 Å². The van der Waals surface area contributed by atoms with Crippen molar-refractivity contribution in [1.29, 1.82) is 0 Å². The van der Waals surface area contributed by atoms with E-state index in [1.54, 1.807) is 0 Å². The van der Waals surface area contributed by atoms with Crippen molar-refractivity contribution in [1.82, 2.24) is 0 Å². The molecule has 0 atom stereocenters. The number of benzene rings is 1. The maximum atomic E-state index is 13.3. The topological polar surface area (TPSA) is 20.2 Å². The Kier molecular flexibility index (Phi) is 2.46. The molecule has 1 aliphatic rings. The van der Waals surface area contributed by atoms with E-state index >= 15 is 0 Å². The van der Waals surface area contributed by atoms with Gasteiger partial charge in [0.2, 0.25) is 0 Å². The van der Waals surface area contributed by atoms with Crippen LogP contribution >= 0.6 is 0 Å². The van der Waals surface area contributed by atoms with Crippen LogP contribution in [0.1, 0.15) is 18.4 Å². The number of rotatable bonds is 3. The van der Waals surface area contributed by atoms with Crippen LogP contribution < -0.4 is 0 Å². The first kappa shape index (κ1) is 10.5. The lowest BCUT2D eigenvalue weighted by Gasteiger charge is -2.12. The lowest BCUT2D eigenvalue weighted by molar-refractivity contribution is 0.208. The minimum Gasteiger partial charge on any atom is -0.396 e. The Morgan fingerprint density at radius 3 is 2.27 bits per heavy atom. The van der Waals surface area contributed by atoms with E-state index in [0.717, 1.165) is 25.0 Å². The van der Waals surface area contributed by atoms with Crippen LogP contribution in [0.5, 0.6) is 0 Å². The van der Waals surface area contributed by atoms with Gasteiger partial charge in [-0.2, -0.15) is 0 Å². The van der Waals surface area contributed by atoms with Gasteiger partial charge >= 0.3 is 0 Å². The summed E-state index contributed by atoms with van der Waals surface area (Å²) >= 11 is 0. The minimum atomic E-state index is -1.13. The van der Waals surface area contributed by atoms with Crippen LogP contribution in [-0.2, 0) is 6.42 Å². The molecule has 1 aromatic rings. The van der Waals surface area contributed by atoms with Gasteiger partial charge in [-0.05, 0) is 36.8 Å². The molecule has 0 aromatic heterocycles. The normalized spacial score (nSPS) is 17.9. The molecule has 0 unspecified atom stereocenters. The molecule has 0 saturated heterocycles. The largest absolute Gasteiger partial charge is 0.396 e. The van der Waals surface area contributed by atoms with Gasteiger partial charge < -0.3 is 5.11 Å². The summed E-state index contributed by atoms with van der Waals surface area (Å²) in [4.78, 5) is 0. The van der Waals surface area contributed by atoms with E-state index in [4.69, 9.17) is 5.11 Å². The molecule has 4 heteroatoms.